The van der Waals surface area contributed by atoms with E-state index >= 15 is 0 Å². The summed E-state index contributed by atoms with van der Waals surface area (Å²) < 4.78 is 0. The molecule has 0 saturated carbocycles. The van der Waals surface area contributed by atoms with Crippen molar-refractivity contribution in [1.82, 2.24) is 10.2 Å². The van der Waals surface area contributed by atoms with E-state index in [0.29, 0.717) is 34.6 Å². The van der Waals surface area contributed by atoms with E-state index in [2.05, 4.69) is 5.32 Å². The largest absolute Gasteiger partial charge is 0.508 e. The van der Waals surface area contributed by atoms with E-state index in [-0.39, 0.29) is 17.6 Å². The van der Waals surface area contributed by atoms with Crippen LogP contribution in [0.25, 0.3) is 0 Å². The summed E-state index contributed by atoms with van der Waals surface area (Å²) in [6.07, 6.45) is 2.19. The van der Waals surface area contributed by atoms with Gasteiger partial charge in [-0.25, -0.2) is 0 Å². The first-order chi connectivity index (χ1) is 10.1. The normalized spacial score (nSPS) is 26.4. The maximum Gasteiger partial charge on any atom is 0.223 e. The van der Waals surface area contributed by atoms with Crippen molar-refractivity contribution in [2.45, 2.75) is 31.2 Å². The molecule has 2 unspecified atom stereocenters. The number of nitrogens with zero attached hydrogens (tertiary/aromatic N) is 1. The first-order valence-electron chi connectivity index (χ1n) is 7.25. The number of halogens is 2. The lowest BCUT2D eigenvalue weighted by atomic mass is 9.87. The Labute approximate surface area is 134 Å². The Morgan fingerprint density at radius 1 is 1.29 bits per heavy atom. The van der Waals surface area contributed by atoms with Crippen molar-refractivity contribution < 1.29 is 9.90 Å². The number of phenols is 1. The Bertz CT molecular complexity index is 559. The standard InChI is InChI=1S/C15H18Cl2N2O2/c16-11-1-2-12(20)14(15(11)17)9-4-6-19(13(21)7-9)10-3-5-18-8-10/h1-2,9-10,18,20H,3-8H2. The molecule has 3 rings (SSSR count). The number of amides is 1. The van der Waals surface area contributed by atoms with Crippen molar-refractivity contribution in [3.63, 3.8) is 0 Å². The van der Waals surface area contributed by atoms with E-state index < -0.39 is 0 Å². The van der Waals surface area contributed by atoms with E-state index in [1.807, 2.05) is 4.90 Å². The van der Waals surface area contributed by atoms with Gasteiger partial charge >= 0.3 is 0 Å². The Kier molecular flexibility index (Phi) is 4.29. The molecule has 6 heteroatoms. The molecule has 21 heavy (non-hydrogen) atoms. The fourth-order valence-corrected chi connectivity index (χ4v) is 3.81. The second-order valence-electron chi connectivity index (χ2n) is 5.72. The van der Waals surface area contributed by atoms with Gasteiger partial charge in [-0.1, -0.05) is 23.2 Å². The maximum absolute atomic E-state index is 12.4. The number of piperidine rings is 1. The molecule has 0 aliphatic carbocycles. The van der Waals surface area contributed by atoms with E-state index in [1.165, 1.54) is 0 Å². The van der Waals surface area contributed by atoms with Crippen molar-refractivity contribution in [2.75, 3.05) is 19.6 Å². The lowest BCUT2D eigenvalue weighted by Gasteiger charge is -2.36. The Hall–Kier alpha value is -0.970. The zero-order chi connectivity index (χ0) is 15.0. The number of aromatic hydroxyl groups is 1. The zero-order valence-corrected chi connectivity index (χ0v) is 13.1. The van der Waals surface area contributed by atoms with Crippen LogP contribution in [0.3, 0.4) is 0 Å². The predicted molar refractivity (Wildman–Crippen MR) is 83.1 cm³/mol. The summed E-state index contributed by atoms with van der Waals surface area (Å²) in [6.45, 7) is 2.55. The summed E-state index contributed by atoms with van der Waals surface area (Å²) in [4.78, 5) is 14.4. The van der Waals surface area contributed by atoms with Gasteiger partial charge in [-0.3, -0.25) is 4.79 Å². The molecule has 1 amide bonds. The number of rotatable bonds is 2. The van der Waals surface area contributed by atoms with E-state index in [0.717, 1.165) is 25.9 Å². The van der Waals surface area contributed by atoms with Crippen LogP contribution in [0.1, 0.15) is 30.7 Å². The maximum atomic E-state index is 12.4. The fourth-order valence-electron chi connectivity index (χ4n) is 3.33. The van der Waals surface area contributed by atoms with Crippen LogP contribution in [0.5, 0.6) is 5.75 Å². The van der Waals surface area contributed by atoms with Crippen molar-refractivity contribution in [3.8, 4) is 5.75 Å². The lowest BCUT2D eigenvalue weighted by Crippen LogP contribution is -2.45. The Morgan fingerprint density at radius 2 is 2.10 bits per heavy atom. The van der Waals surface area contributed by atoms with Gasteiger partial charge in [0.05, 0.1) is 10.0 Å². The average Bonchev–Trinajstić information content (AvgIpc) is 2.97. The second-order valence-corrected chi connectivity index (χ2v) is 6.50. The first kappa shape index (κ1) is 14.9. The fraction of sp³-hybridized carbons (Fsp3) is 0.533. The quantitative estimate of drug-likeness (QED) is 0.877. The highest BCUT2D eigenvalue weighted by Gasteiger charge is 2.34. The van der Waals surface area contributed by atoms with Crippen LogP contribution in [0.4, 0.5) is 0 Å². The average molecular weight is 329 g/mol. The van der Waals surface area contributed by atoms with Crippen LogP contribution in [0, 0.1) is 0 Å². The van der Waals surface area contributed by atoms with Gasteiger partial charge < -0.3 is 15.3 Å². The summed E-state index contributed by atoms with van der Waals surface area (Å²) in [5, 5.41) is 14.1. The minimum atomic E-state index is -0.0608. The van der Waals surface area contributed by atoms with E-state index in [1.54, 1.807) is 12.1 Å². The van der Waals surface area contributed by atoms with Gasteiger partial charge in [0.1, 0.15) is 5.75 Å². The predicted octanol–water partition coefficient (Wildman–Crippen LogP) is 2.77. The van der Waals surface area contributed by atoms with Gasteiger partial charge in [-0.2, -0.15) is 0 Å². The van der Waals surface area contributed by atoms with Crippen LogP contribution < -0.4 is 5.32 Å². The van der Waals surface area contributed by atoms with Crippen molar-refractivity contribution in [3.05, 3.63) is 27.7 Å². The molecular weight excluding hydrogens is 311 g/mol. The number of benzene rings is 1. The number of carbonyl (C=O) groups excluding carboxylic acids is 1. The zero-order valence-electron chi connectivity index (χ0n) is 11.6. The van der Waals surface area contributed by atoms with Crippen LogP contribution in [0.2, 0.25) is 10.0 Å². The minimum Gasteiger partial charge on any atom is -0.508 e. The molecule has 1 aromatic carbocycles. The molecule has 1 aromatic rings. The molecule has 2 atom stereocenters. The minimum absolute atomic E-state index is 0.0608. The van der Waals surface area contributed by atoms with Crippen molar-refractivity contribution >= 4 is 29.1 Å². The first-order valence-corrected chi connectivity index (χ1v) is 8.00. The number of phenolic OH excluding ortho intramolecular Hbond substituents is 1. The number of likely N-dealkylation sites (tertiary alicyclic amines) is 1. The molecule has 2 saturated heterocycles. The topological polar surface area (TPSA) is 52.6 Å². The molecule has 0 bridgehead atoms. The summed E-state index contributed by atoms with van der Waals surface area (Å²) in [5.41, 5.74) is 0.613. The molecule has 0 radical (unpaired) electrons. The lowest BCUT2D eigenvalue weighted by molar-refractivity contribution is -0.136. The molecule has 2 fully saturated rings. The molecule has 4 nitrogen and oxygen atoms in total. The molecule has 0 spiro atoms. The Balaban J connectivity index is 1.78. The molecular formula is C15H18Cl2N2O2. The van der Waals surface area contributed by atoms with Gasteiger partial charge in [0.15, 0.2) is 0 Å². The van der Waals surface area contributed by atoms with E-state index in [4.69, 9.17) is 23.2 Å². The molecule has 0 aromatic heterocycles. The molecule has 2 N–H and O–H groups in total. The SMILES string of the molecule is O=C1CC(c2c(O)ccc(Cl)c2Cl)CCN1C1CCNC1. The smallest absolute Gasteiger partial charge is 0.223 e. The third-order valence-electron chi connectivity index (χ3n) is 4.45. The van der Waals surface area contributed by atoms with Crippen LogP contribution in [0.15, 0.2) is 12.1 Å². The summed E-state index contributed by atoms with van der Waals surface area (Å²) >= 11 is 12.2. The molecule has 2 aliphatic heterocycles. The summed E-state index contributed by atoms with van der Waals surface area (Å²) in [6, 6.07) is 3.42. The van der Waals surface area contributed by atoms with Crippen LogP contribution >= 0.6 is 23.2 Å². The molecule has 114 valence electrons. The number of hydrogen-bond donors (Lipinski definition) is 2. The number of carbonyl (C=O) groups is 1. The highest BCUT2D eigenvalue weighted by molar-refractivity contribution is 6.42. The van der Waals surface area contributed by atoms with Gasteiger partial charge in [0.25, 0.3) is 0 Å². The highest BCUT2D eigenvalue weighted by Crippen LogP contribution is 2.42. The van der Waals surface area contributed by atoms with Crippen LogP contribution in [-0.2, 0) is 4.79 Å². The van der Waals surface area contributed by atoms with Crippen molar-refractivity contribution in [2.24, 2.45) is 0 Å². The second kappa shape index (κ2) is 6.03. The molecule has 2 aliphatic rings. The van der Waals surface area contributed by atoms with Gasteiger partial charge in [-0.05, 0) is 37.4 Å². The van der Waals surface area contributed by atoms with E-state index in [9.17, 15) is 9.90 Å². The monoisotopic (exact) mass is 328 g/mol. The Morgan fingerprint density at radius 3 is 2.76 bits per heavy atom. The third-order valence-corrected chi connectivity index (χ3v) is 5.27. The van der Waals surface area contributed by atoms with Crippen LogP contribution in [-0.4, -0.2) is 41.6 Å². The number of nitrogens with one attached hydrogen (secondary N) is 1. The van der Waals surface area contributed by atoms with Gasteiger partial charge in [-0.15, -0.1) is 0 Å². The van der Waals surface area contributed by atoms with Gasteiger partial charge in [0.2, 0.25) is 5.91 Å². The summed E-state index contributed by atoms with van der Waals surface area (Å²) in [5.74, 6) is 0.197. The third kappa shape index (κ3) is 2.85. The van der Waals surface area contributed by atoms with Crippen molar-refractivity contribution in [1.29, 1.82) is 0 Å². The number of hydrogen-bond acceptors (Lipinski definition) is 3. The van der Waals surface area contributed by atoms with Gasteiger partial charge in [0, 0.05) is 31.1 Å². The summed E-state index contributed by atoms with van der Waals surface area (Å²) in [7, 11) is 0. The highest BCUT2D eigenvalue weighted by atomic mass is 35.5. The molecule has 2 heterocycles.